The first kappa shape index (κ1) is 16.8. The van der Waals surface area contributed by atoms with Crippen molar-refractivity contribution in [2.24, 2.45) is 5.11 Å². The summed E-state index contributed by atoms with van der Waals surface area (Å²) in [6.45, 7) is 6.29. The van der Waals surface area contributed by atoms with Crippen molar-refractivity contribution in [3.05, 3.63) is 10.4 Å². The molecule has 2 atom stereocenters. The summed E-state index contributed by atoms with van der Waals surface area (Å²) in [4.78, 5) is 17.3. The average molecular weight is 283 g/mol. The number of ether oxygens (including phenoxy) is 1. The number of hydrogen-bond donors (Lipinski definition) is 1. The van der Waals surface area contributed by atoms with E-state index in [1.807, 2.05) is 6.92 Å². The first-order valence-corrected chi connectivity index (χ1v) is 7.19. The molecule has 1 aliphatic rings. The Morgan fingerprint density at radius 3 is 3.00 bits per heavy atom. The number of carbonyl (C=O) groups excluding carboxylic acids is 1. The second-order valence-corrected chi connectivity index (χ2v) is 5.32. The van der Waals surface area contributed by atoms with Gasteiger partial charge in [0.1, 0.15) is 5.54 Å². The number of nitrogens with zero attached hydrogens (tertiary/aromatic N) is 4. The lowest BCUT2D eigenvalue weighted by Gasteiger charge is -2.43. The second kappa shape index (κ2) is 8.09. The van der Waals surface area contributed by atoms with Gasteiger partial charge < -0.3 is 15.0 Å². The fourth-order valence-electron chi connectivity index (χ4n) is 2.56. The minimum atomic E-state index is -0.599. The van der Waals surface area contributed by atoms with Gasteiger partial charge in [-0.15, -0.1) is 0 Å². The molecule has 114 valence electrons. The molecule has 0 radical (unpaired) electrons. The van der Waals surface area contributed by atoms with Gasteiger partial charge in [-0.05, 0) is 52.2 Å². The van der Waals surface area contributed by atoms with Crippen molar-refractivity contribution in [1.82, 2.24) is 10.2 Å². The highest BCUT2D eigenvalue weighted by Gasteiger charge is 2.44. The summed E-state index contributed by atoms with van der Waals surface area (Å²) >= 11 is 0. The maximum atomic E-state index is 12.3. The summed E-state index contributed by atoms with van der Waals surface area (Å²) in [6.07, 6.45) is 2.20. The van der Waals surface area contributed by atoms with Crippen LogP contribution in [0.15, 0.2) is 5.11 Å². The molecular weight excluding hydrogens is 258 g/mol. The predicted molar refractivity (Wildman–Crippen MR) is 77.3 cm³/mol. The van der Waals surface area contributed by atoms with E-state index in [1.54, 1.807) is 0 Å². The molecular formula is C13H25N5O2. The van der Waals surface area contributed by atoms with Crippen LogP contribution in [0.25, 0.3) is 10.4 Å². The molecule has 7 nitrogen and oxygen atoms in total. The third-order valence-electron chi connectivity index (χ3n) is 3.92. The third kappa shape index (κ3) is 4.37. The second-order valence-electron chi connectivity index (χ2n) is 5.32. The Balaban J connectivity index is 2.64. The van der Waals surface area contributed by atoms with Gasteiger partial charge in [-0.1, -0.05) is 5.11 Å². The third-order valence-corrected chi connectivity index (χ3v) is 3.92. The van der Waals surface area contributed by atoms with Crippen LogP contribution in [-0.4, -0.2) is 55.7 Å². The van der Waals surface area contributed by atoms with Gasteiger partial charge in [-0.3, -0.25) is 4.79 Å². The van der Waals surface area contributed by atoms with E-state index < -0.39 is 5.54 Å². The quantitative estimate of drug-likeness (QED) is 0.253. The van der Waals surface area contributed by atoms with Crippen molar-refractivity contribution in [2.75, 3.05) is 33.3 Å². The molecule has 1 rings (SSSR count). The fraction of sp³-hybridized carbons (Fsp3) is 0.923. The van der Waals surface area contributed by atoms with Gasteiger partial charge in [0.25, 0.3) is 0 Å². The van der Waals surface area contributed by atoms with Gasteiger partial charge in [0.15, 0.2) is 0 Å². The highest BCUT2D eigenvalue weighted by Crippen LogP contribution is 2.27. The van der Waals surface area contributed by atoms with Crippen molar-refractivity contribution in [3.63, 3.8) is 0 Å². The number of likely N-dealkylation sites (tertiary alicyclic amines) is 1. The molecule has 1 N–H and O–H groups in total. The Hall–Kier alpha value is -1.30. The minimum Gasteiger partial charge on any atom is -0.465 e. The van der Waals surface area contributed by atoms with Crippen LogP contribution in [0.2, 0.25) is 0 Å². The Morgan fingerprint density at radius 1 is 1.65 bits per heavy atom. The largest absolute Gasteiger partial charge is 0.465 e. The lowest BCUT2D eigenvalue weighted by molar-refractivity contribution is -0.154. The molecule has 1 saturated heterocycles. The van der Waals surface area contributed by atoms with E-state index in [-0.39, 0.29) is 5.97 Å². The van der Waals surface area contributed by atoms with Crippen LogP contribution < -0.4 is 5.32 Å². The fourth-order valence-corrected chi connectivity index (χ4v) is 2.56. The van der Waals surface area contributed by atoms with Crippen molar-refractivity contribution < 1.29 is 9.53 Å². The molecule has 1 fully saturated rings. The molecule has 1 heterocycles. The zero-order valence-electron chi connectivity index (χ0n) is 12.6. The van der Waals surface area contributed by atoms with Gasteiger partial charge in [0.2, 0.25) is 0 Å². The lowest BCUT2D eigenvalue weighted by Crippen LogP contribution is -2.61. The number of piperidine rings is 1. The zero-order valence-corrected chi connectivity index (χ0v) is 12.6. The molecule has 0 aromatic carbocycles. The number of rotatable bonds is 7. The zero-order chi connectivity index (χ0) is 15.0. The molecule has 0 aromatic heterocycles. The average Bonchev–Trinajstić information content (AvgIpc) is 2.43. The van der Waals surface area contributed by atoms with Gasteiger partial charge in [0, 0.05) is 24.0 Å². The molecule has 0 bridgehead atoms. The van der Waals surface area contributed by atoms with E-state index in [2.05, 4.69) is 34.2 Å². The molecule has 0 aliphatic carbocycles. The van der Waals surface area contributed by atoms with Crippen molar-refractivity contribution in [1.29, 1.82) is 0 Å². The van der Waals surface area contributed by atoms with Crippen LogP contribution in [0.4, 0.5) is 0 Å². The molecule has 0 spiro atoms. The van der Waals surface area contributed by atoms with E-state index in [4.69, 9.17) is 10.3 Å². The smallest absolute Gasteiger partial charge is 0.326 e. The van der Waals surface area contributed by atoms with E-state index >= 15 is 0 Å². The molecule has 2 unspecified atom stereocenters. The maximum Gasteiger partial charge on any atom is 0.326 e. The Labute approximate surface area is 120 Å². The maximum absolute atomic E-state index is 12.3. The highest BCUT2D eigenvalue weighted by atomic mass is 16.5. The summed E-state index contributed by atoms with van der Waals surface area (Å²) in [5.41, 5.74) is 7.65. The molecule has 7 heteroatoms. The van der Waals surface area contributed by atoms with Crippen LogP contribution >= 0.6 is 0 Å². The van der Waals surface area contributed by atoms with Crippen LogP contribution in [0.5, 0.6) is 0 Å². The monoisotopic (exact) mass is 283 g/mol. The number of nitrogens with one attached hydrogen (secondary N) is 1. The topological polar surface area (TPSA) is 90.3 Å². The molecule has 0 saturated carbocycles. The number of azide groups is 1. The molecule has 0 aromatic rings. The molecule has 0 amide bonds. The standard InChI is InChI=1S/C13H25N5O2/c1-4-20-12(19)13(15-7-5-8-16-17-14)6-9-18(3)11(2)10-13/h11,15H,4-10H2,1-3H3. The van der Waals surface area contributed by atoms with Crippen molar-refractivity contribution in [2.45, 2.75) is 44.7 Å². The first-order chi connectivity index (χ1) is 9.55. The number of carbonyl (C=O) groups is 1. The first-order valence-electron chi connectivity index (χ1n) is 7.19. The Morgan fingerprint density at radius 2 is 2.40 bits per heavy atom. The van der Waals surface area contributed by atoms with Gasteiger partial charge in [-0.25, -0.2) is 0 Å². The van der Waals surface area contributed by atoms with E-state index in [9.17, 15) is 4.79 Å². The Bertz CT molecular complexity index is 370. The number of esters is 1. The molecule has 1 aliphatic heterocycles. The lowest BCUT2D eigenvalue weighted by atomic mass is 9.83. The van der Waals surface area contributed by atoms with E-state index in [0.29, 0.717) is 25.7 Å². The SMILES string of the molecule is CCOC(=O)C1(NCCCN=[N+]=[N-])CCN(C)C(C)C1. The summed E-state index contributed by atoms with van der Waals surface area (Å²) in [5, 5.41) is 6.85. The van der Waals surface area contributed by atoms with Crippen molar-refractivity contribution in [3.8, 4) is 0 Å². The van der Waals surface area contributed by atoms with Gasteiger partial charge in [-0.2, -0.15) is 0 Å². The predicted octanol–water partition coefficient (Wildman–Crippen LogP) is 1.69. The van der Waals surface area contributed by atoms with E-state index in [0.717, 1.165) is 25.8 Å². The van der Waals surface area contributed by atoms with Crippen LogP contribution in [0.1, 0.15) is 33.1 Å². The molecule has 20 heavy (non-hydrogen) atoms. The van der Waals surface area contributed by atoms with Crippen LogP contribution in [0.3, 0.4) is 0 Å². The Kier molecular flexibility index (Phi) is 6.78. The van der Waals surface area contributed by atoms with E-state index in [1.165, 1.54) is 0 Å². The van der Waals surface area contributed by atoms with Gasteiger partial charge >= 0.3 is 5.97 Å². The van der Waals surface area contributed by atoms with Gasteiger partial charge in [0.05, 0.1) is 6.61 Å². The van der Waals surface area contributed by atoms with Crippen molar-refractivity contribution >= 4 is 5.97 Å². The summed E-state index contributed by atoms with van der Waals surface area (Å²) in [7, 11) is 2.07. The number of hydrogen-bond acceptors (Lipinski definition) is 5. The summed E-state index contributed by atoms with van der Waals surface area (Å²) in [6, 6.07) is 0.331. The highest BCUT2D eigenvalue weighted by molar-refractivity contribution is 5.81. The summed E-state index contributed by atoms with van der Waals surface area (Å²) in [5.74, 6) is -0.163. The summed E-state index contributed by atoms with van der Waals surface area (Å²) < 4.78 is 5.24. The van der Waals surface area contributed by atoms with Crippen LogP contribution in [0, 0.1) is 0 Å². The normalized spacial score (nSPS) is 26.9. The van der Waals surface area contributed by atoms with Crippen LogP contribution in [-0.2, 0) is 9.53 Å². The minimum absolute atomic E-state index is 0.163.